The number of benzene rings is 2. The molecule has 0 aliphatic rings. The summed E-state index contributed by atoms with van der Waals surface area (Å²) in [5.74, 6) is 0. The van der Waals surface area contributed by atoms with Crippen LogP contribution < -0.4 is 5.32 Å². The van der Waals surface area contributed by atoms with Gasteiger partial charge in [0.05, 0.1) is 10.6 Å². The minimum Gasteiger partial charge on any atom is -0.462 e. The van der Waals surface area contributed by atoms with Crippen LogP contribution in [0.2, 0.25) is 0 Å². The van der Waals surface area contributed by atoms with E-state index in [-0.39, 0.29) is 5.69 Å². The number of halogens is 1. The lowest BCUT2D eigenvalue weighted by atomic mass is 10.2. The van der Waals surface area contributed by atoms with E-state index in [0.717, 1.165) is 26.8 Å². The Bertz CT molecular complexity index is 781. The molecule has 0 saturated carbocycles. The van der Waals surface area contributed by atoms with Gasteiger partial charge in [0.15, 0.2) is 0 Å². The summed E-state index contributed by atoms with van der Waals surface area (Å²) >= 11 is 3.42. The van der Waals surface area contributed by atoms with Gasteiger partial charge in [-0.05, 0) is 30.3 Å². The van der Waals surface area contributed by atoms with Crippen molar-refractivity contribution in [2.45, 2.75) is 0 Å². The van der Waals surface area contributed by atoms with Crippen LogP contribution in [0.5, 0.6) is 0 Å². The molecule has 0 radical (unpaired) electrons. The van der Waals surface area contributed by atoms with E-state index in [0.29, 0.717) is 0 Å². The van der Waals surface area contributed by atoms with Gasteiger partial charge in [-0.1, -0.05) is 15.9 Å². The van der Waals surface area contributed by atoms with Gasteiger partial charge >= 0.3 is 0 Å². The third-order valence-corrected chi connectivity index (χ3v) is 3.39. The highest BCUT2D eigenvalue weighted by molar-refractivity contribution is 9.10. The number of nitro groups is 1. The van der Waals surface area contributed by atoms with E-state index in [2.05, 4.69) is 21.2 Å². The summed E-state index contributed by atoms with van der Waals surface area (Å²) in [6.07, 6.45) is 1.62. The highest BCUT2D eigenvalue weighted by Gasteiger charge is 2.08. The third-order valence-electron chi connectivity index (χ3n) is 2.89. The first-order valence-corrected chi connectivity index (χ1v) is 6.61. The molecular weight excluding hydrogens is 324 g/mol. The maximum atomic E-state index is 10.6. The largest absolute Gasteiger partial charge is 0.462 e. The fraction of sp³-hybridized carbons (Fsp3) is 0. The highest BCUT2D eigenvalue weighted by Crippen LogP contribution is 2.31. The molecule has 0 amide bonds. The summed E-state index contributed by atoms with van der Waals surface area (Å²) in [5, 5.41) is 14.7. The minimum absolute atomic E-state index is 0.0651. The van der Waals surface area contributed by atoms with Crippen molar-refractivity contribution in [1.82, 2.24) is 0 Å². The topological polar surface area (TPSA) is 68.3 Å². The average Bonchev–Trinajstić information content (AvgIpc) is 2.82. The van der Waals surface area contributed by atoms with Crippen molar-refractivity contribution in [1.29, 1.82) is 0 Å². The van der Waals surface area contributed by atoms with Gasteiger partial charge in [0.1, 0.15) is 11.8 Å². The van der Waals surface area contributed by atoms with Gasteiger partial charge in [0, 0.05) is 27.7 Å². The summed E-state index contributed by atoms with van der Waals surface area (Å²) in [7, 11) is 0. The Morgan fingerprint density at radius 2 is 1.90 bits per heavy atom. The van der Waals surface area contributed by atoms with Crippen LogP contribution in [0.1, 0.15) is 0 Å². The lowest BCUT2D eigenvalue weighted by Crippen LogP contribution is -1.91. The van der Waals surface area contributed by atoms with Gasteiger partial charge in [-0.2, -0.15) is 0 Å². The number of rotatable bonds is 3. The molecule has 2 aromatic carbocycles. The Morgan fingerprint density at radius 1 is 1.15 bits per heavy atom. The Morgan fingerprint density at radius 3 is 2.60 bits per heavy atom. The van der Waals surface area contributed by atoms with Crippen LogP contribution in [0.25, 0.3) is 11.0 Å². The lowest BCUT2D eigenvalue weighted by Gasteiger charge is -2.03. The van der Waals surface area contributed by atoms with Gasteiger partial charge in [-0.25, -0.2) is 0 Å². The molecule has 5 nitrogen and oxygen atoms in total. The third kappa shape index (κ3) is 2.37. The van der Waals surface area contributed by atoms with E-state index in [1.807, 2.05) is 18.2 Å². The van der Waals surface area contributed by atoms with Crippen LogP contribution in [0, 0.1) is 10.1 Å². The monoisotopic (exact) mass is 332 g/mol. The predicted octanol–water partition coefficient (Wildman–Crippen LogP) is 4.85. The molecule has 0 aliphatic heterocycles. The molecule has 20 heavy (non-hydrogen) atoms. The molecule has 6 heteroatoms. The molecular formula is C14H9BrN2O3. The molecule has 0 bridgehead atoms. The molecule has 0 atom stereocenters. The van der Waals surface area contributed by atoms with E-state index in [9.17, 15) is 10.1 Å². The van der Waals surface area contributed by atoms with Crippen molar-refractivity contribution >= 4 is 44.0 Å². The van der Waals surface area contributed by atoms with Crippen LogP contribution in [0.3, 0.4) is 0 Å². The van der Waals surface area contributed by atoms with Crippen LogP contribution >= 0.6 is 15.9 Å². The number of anilines is 2. The molecule has 3 aromatic rings. The Kier molecular flexibility index (Phi) is 3.15. The van der Waals surface area contributed by atoms with Gasteiger partial charge in [-0.3, -0.25) is 10.1 Å². The number of hydrogen-bond donors (Lipinski definition) is 1. The van der Waals surface area contributed by atoms with E-state index in [4.69, 9.17) is 4.42 Å². The second-order valence-corrected chi connectivity index (χ2v) is 5.13. The van der Waals surface area contributed by atoms with Gasteiger partial charge in [-0.15, -0.1) is 0 Å². The van der Waals surface area contributed by atoms with Crippen LogP contribution in [0.15, 0.2) is 57.6 Å². The zero-order chi connectivity index (χ0) is 14.1. The van der Waals surface area contributed by atoms with Gasteiger partial charge < -0.3 is 9.73 Å². The quantitative estimate of drug-likeness (QED) is 0.550. The van der Waals surface area contributed by atoms with Crippen molar-refractivity contribution in [3.05, 3.63) is 63.3 Å². The van der Waals surface area contributed by atoms with Crippen LogP contribution in [-0.4, -0.2) is 4.92 Å². The Hall–Kier alpha value is -2.34. The first kappa shape index (κ1) is 12.7. The maximum Gasteiger partial charge on any atom is 0.269 e. The Labute approximate surface area is 122 Å². The van der Waals surface area contributed by atoms with E-state index < -0.39 is 4.92 Å². The number of non-ortho nitro benzene ring substituents is 1. The summed E-state index contributed by atoms with van der Waals surface area (Å²) in [6, 6.07) is 12.0. The minimum atomic E-state index is -0.422. The van der Waals surface area contributed by atoms with Crippen molar-refractivity contribution in [3.8, 4) is 0 Å². The van der Waals surface area contributed by atoms with E-state index in [1.54, 1.807) is 18.4 Å². The molecule has 1 aromatic heterocycles. The summed E-state index contributed by atoms with van der Waals surface area (Å²) in [4.78, 5) is 10.2. The van der Waals surface area contributed by atoms with Crippen molar-refractivity contribution in [2.24, 2.45) is 0 Å². The molecule has 0 saturated heterocycles. The zero-order valence-electron chi connectivity index (χ0n) is 10.2. The molecule has 1 N–H and O–H groups in total. The molecule has 100 valence electrons. The standard InChI is InChI=1S/C14H9BrN2O3/c15-9-1-6-14-12(7-9)13(8-20-14)16-10-2-4-11(5-3-10)17(18)19/h1-8,16H. The fourth-order valence-electron chi connectivity index (χ4n) is 1.92. The number of fused-ring (bicyclic) bond motifs is 1. The molecule has 1 heterocycles. The SMILES string of the molecule is O=[N+]([O-])c1ccc(Nc2coc3ccc(Br)cc23)cc1. The van der Waals surface area contributed by atoms with Crippen molar-refractivity contribution in [2.75, 3.05) is 5.32 Å². The summed E-state index contributed by atoms with van der Waals surface area (Å²) in [5.41, 5.74) is 2.42. The normalized spacial score (nSPS) is 10.7. The fourth-order valence-corrected chi connectivity index (χ4v) is 2.28. The van der Waals surface area contributed by atoms with E-state index in [1.165, 1.54) is 12.1 Å². The average molecular weight is 333 g/mol. The Balaban J connectivity index is 1.92. The predicted molar refractivity (Wildman–Crippen MR) is 80.3 cm³/mol. The van der Waals surface area contributed by atoms with Gasteiger partial charge in [0.25, 0.3) is 5.69 Å². The second-order valence-electron chi connectivity index (χ2n) is 4.22. The van der Waals surface area contributed by atoms with Crippen LogP contribution in [0.4, 0.5) is 17.1 Å². The molecule has 0 aliphatic carbocycles. The molecule has 0 unspecified atom stereocenters. The van der Waals surface area contributed by atoms with E-state index >= 15 is 0 Å². The lowest BCUT2D eigenvalue weighted by molar-refractivity contribution is -0.384. The second kappa shape index (κ2) is 4.97. The van der Waals surface area contributed by atoms with Crippen molar-refractivity contribution in [3.63, 3.8) is 0 Å². The highest BCUT2D eigenvalue weighted by atomic mass is 79.9. The molecule has 3 rings (SSSR count). The number of hydrogen-bond acceptors (Lipinski definition) is 4. The number of furan rings is 1. The maximum absolute atomic E-state index is 10.6. The summed E-state index contributed by atoms with van der Waals surface area (Å²) < 4.78 is 6.40. The van der Waals surface area contributed by atoms with Gasteiger partial charge in [0.2, 0.25) is 0 Å². The van der Waals surface area contributed by atoms with Crippen LogP contribution in [-0.2, 0) is 0 Å². The smallest absolute Gasteiger partial charge is 0.269 e. The molecule has 0 fully saturated rings. The number of nitrogens with zero attached hydrogens (tertiary/aromatic N) is 1. The zero-order valence-corrected chi connectivity index (χ0v) is 11.8. The number of nitrogens with one attached hydrogen (secondary N) is 1. The summed E-state index contributed by atoms with van der Waals surface area (Å²) in [6.45, 7) is 0. The molecule has 0 spiro atoms. The first-order chi connectivity index (χ1) is 9.63. The first-order valence-electron chi connectivity index (χ1n) is 5.82. The number of nitro benzene ring substituents is 1. The van der Waals surface area contributed by atoms with Crippen molar-refractivity contribution < 1.29 is 9.34 Å².